The summed E-state index contributed by atoms with van der Waals surface area (Å²) in [6.07, 6.45) is 7.43. The summed E-state index contributed by atoms with van der Waals surface area (Å²) in [5.41, 5.74) is 2.02. The van der Waals surface area contributed by atoms with Crippen LogP contribution in [0.5, 0.6) is 0 Å². The maximum absolute atomic E-state index is 5.11. The quantitative estimate of drug-likeness (QED) is 0.652. The SMILES string of the molecule is C1=CC(c2ccn[nH]2)=COC1. The molecule has 1 aromatic heterocycles. The first-order valence-electron chi connectivity index (χ1n) is 3.45. The third-order valence-corrected chi connectivity index (χ3v) is 1.51. The van der Waals surface area contributed by atoms with Gasteiger partial charge in [0.1, 0.15) is 6.61 Å². The third-order valence-electron chi connectivity index (χ3n) is 1.51. The number of hydrogen-bond donors (Lipinski definition) is 1. The molecule has 0 saturated heterocycles. The molecule has 2 heterocycles. The molecule has 0 saturated carbocycles. The van der Waals surface area contributed by atoms with E-state index in [9.17, 15) is 0 Å². The molecule has 3 nitrogen and oxygen atoms in total. The van der Waals surface area contributed by atoms with Crippen LogP contribution in [0, 0.1) is 0 Å². The molecule has 0 bridgehead atoms. The van der Waals surface area contributed by atoms with E-state index in [1.165, 1.54) is 0 Å². The number of ether oxygens (including phenoxy) is 1. The second-order valence-corrected chi connectivity index (χ2v) is 2.28. The first-order chi connectivity index (χ1) is 5.47. The average molecular weight is 148 g/mol. The van der Waals surface area contributed by atoms with Gasteiger partial charge in [-0.25, -0.2) is 0 Å². The minimum atomic E-state index is 0.664. The maximum Gasteiger partial charge on any atom is 0.106 e. The fraction of sp³-hybridized carbons (Fsp3) is 0.125. The molecule has 1 aliphatic heterocycles. The number of rotatable bonds is 1. The Bertz CT molecular complexity index is 285. The van der Waals surface area contributed by atoms with Gasteiger partial charge < -0.3 is 4.74 Å². The molecule has 56 valence electrons. The molecule has 0 amide bonds. The van der Waals surface area contributed by atoms with Crippen LogP contribution in [0.2, 0.25) is 0 Å². The predicted molar refractivity (Wildman–Crippen MR) is 41.7 cm³/mol. The van der Waals surface area contributed by atoms with E-state index in [4.69, 9.17) is 4.74 Å². The standard InChI is InChI=1S/C8H8N2O/c1-2-7(6-11-5-1)8-3-4-9-10-8/h1-4,6H,5H2,(H,9,10). The van der Waals surface area contributed by atoms with Crippen LogP contribution in [0.3, 0.4) is 0 Å². The fourth-order valence-electron chi connectivity index (χ4n) is 0.978. The summed E-state index contributed by atoms with van der Waals surface area (Å²) < 4.78 is 5.11. The van der Waals surface area contributed by atoms with E-state index >= 15 is 0 Å². The third kappa shape index (κ3) is 1.17. The second-order valence-electron chi connectivity index (χ2n) is 2.28. The molecule has 0 aliphatic carbocycles. The summed E-state index contributed by atoms with van der Waals surface area (Å²) in [6.45, 7) is 0.664. The van der Waals surface area contributed by atoms with Gasteiger partial charge in [-0.2, -0.15) is 5.10 Å². The van der Waals surface area contributed by atoms with Crippen molar-refractivity contribution in [1.82, 2.24) is 10.2 Å². The lowest BCUT2D eigenvalue weighted by atomic mass is 10.2. The smallest absolute Gasteiger partial charge is 0.106 e. The van der Waals surface area contributed by atoms with Crippen molar-refractivity contribution in [2.75, 3.05) is 6.61 Å². The molecule has 3 heteroatoms. The number of nitrogens with one attached hydrogen (secondary N) is 1. The van der Waals surface area contributed by atoms with E-state index in [2.05, 4.69) is 10.2 Å². The minimum Gasteiger partial charge on any atom is -0.496 e. The molecule has 0 fully saturated rings. The van der Waals surface area contributed by atoms with E-state index in [-0.39, 0.29) is 0 Å². The molecule has 0 unspecified atom stereocenters. The maximum atomic E-state index is 5.11. The number of aromatic amines is 1. The summed E-state index contributed by atoms with van der Waals surface area (Å²) in [6, 6.07) is 1.91. The first kappa shape index (κ1) is 6.22. The van der Waals surface area contributed by atoms with Gasteiger partial charge in [0, 0.05) is 11.8 Å². The Kier molecular flexibility index (Phi) is 1.48. The van der Waals surface area contributed by atoms with Crippen molar-refractivity contribution in [3.63, 3.8) is 0 Å². The molecule has 2 rings (SSSR count). The summed E-state index contributed by atoms with van der Waals surface area (Å²) in [4.78, 5) is 0. The van der Waals surface area contributed by atoms with Gasteiger partial charge in [0.25, 0.3) is 0 Å². The number of nitrogens with zero attached hydrogens (tertiary/aromatic N) is 1. The molecule has 0 radical (unpaired) electrons. The molecule has 11 heavy (non-hydrogen) atoms. The number of allylic oxidation sites excluding steroid dienone is 2. The minimum absolute atomic E-state index is 0.664. The molecule has 0 aromatic carbocycles. The topological polar surface area (TPSA) is 37.9 Å². The molecule has 1 aromatic rings. The van der Waals surface area contributed by atoms with Crippen LogP contribution in [-0.4, -0.2) is 16.8 Å². The Hall–Kier alpha value is -1.51. The predicted octanol–water partition coefficient (Wildman–Crippen LogP) is 1.34. The zero-order valence-corrected chi connectivity index (χ0v) is 5.95. The van der Waals surface area contributed by atoms with Crippen molar-refractivity contribution in [3.8, 4) is 0 Å². The van der Waals surface area contributed by atoms with Gasteiger partial charge in [-0.1, -0.05) is 6.08 Å². The Labute approximate surface area is 64.4 Å². The lowest BCUT2D eigenvalue weighted by Crippen LogP contribution is -1.91. The summed E-state index contributed by atoms with van der Waals surface area (Å²) >= 11 is 0. The van der Waals surface area contributed by atoms with Crippen LogP contribution in [-0.2, 0) is 4.74 Å². The lowest BCUT2D eigenvalue weighted by Gasteiger charge is -2.04. The van der Waals surface area contributed by atoms with E-state index in [0.717, 1.165) is 11.3 Å². The average Bonchev–Trinajstić information content (AvgIpc) is 2.58. The number of aromatic nitrogens is 2. The van der Waals surface area contributed by atoms with Gasteiger partial charge in [-0.05, 0) is 12.1 Å². The van der Waals surface area contributed by atoms with Crippen molar-refractivity contribution in [2.24, 2.45) is 0 Å². The van der Waals surface area contributed by atoms with Crippen LogP contribution in [0.25, 0.3) is 5.57 Å². The van der Waals surface area contributed by atoms with Gasteiger partial charge in [-0.3, -0.25) is 5.10 Å². The monoisotopic (exact) mass is 148 g/mol. The molecule has 1 N–H and O–H groups in total. The Morgan fingerprint density at radius 2 is 2.55 bits per heavy atom. The molecular weight excluding hydrogens is 140 g/mol. The van der Waals surface area contributed by atoms with Crippen LogP contribution in [0.15, 0.2) is 30.7 Å². The highest BCUT2D eigenvalue weighted by Crippen LogP contribution is 2.14. The molecular formula is C8H8N2O. The van der Waals surface area contributed by atoms with Crippen molar-refractivity contribution in [1.29, 1.82) is 0 Å². The van der Waals surface area contributed by atoms with E-state index < -0.39 is 0 Å². The van der Waals surface area contributed by atoms with Crippen LogP contribution < -0.4 is 0 Å². The Morgan fingerprint density at radius 1 is 1.55 bits per heavy atom. The van der Waals surface area contributed by atoms with Crippen LogP contribution >= 0.6 is 0 Å². The fourth-order valence-corrected chi connectivity index (χ4v) is 0.978. The first-order valence-corrected chi connectivity index (χ1v) is 3.45. The highest BCUT2D eigenvalue weighted by atomic mass is 16.5. The lowest BCUT2D eigenvalue weighted by molar-refractivity contribution is 0.288. The molecule has 1 aliphatic rings. The van der Waals surface area contributed by atoms with Crippen molar-refractivity contribution in [3.05, 3.63) is 36.4 Å². The van der Waals surface area contributed by atoms with E-state index in [0.29, 0.717) is 6.61 Å². The van der Waals surface area contributed by atoms with Gasteiger partial charge in [-0.15, -0.1) is 0 Å². The van der Waals surface area contributed by atoms with Gasteiger partial charge in [0.05, 0.1) is 12.0 Å². The van der Waals surface area contributed by atoms with E-state index in [1.54, 1.807) is 12.5 Å². The van der Waals surface area contributed by atoms with Gasteiger partial charge in [0.2, 0.25) is 0 Å². The van der Waals surface area contributed by atoms with Gasteiger partial charge in [0.15, 0.2) is 0 Å². The number of H-pyrrole nitrogens is 1. The Morgan fingerprint density at radius 3 is 3.18 bits per heavy atom. The molecule has 0 atom stereocenters. The normalized spacial score (nSPS) is 15.8. The highest BCUT2D eigenvalue weighted by Gasteiger charge is 2.01. The summed E-state index contributed by atoms with van der Waals surface area (Å²) in [7, 11) is 0. The van der Waals surface area contributed by atoms with Crippen molar-refractivity contribution >= 4 is 5.57 Å². The molecule has 0 spiro atoms. The largest absolute Gasteiger partial charge is 0.496 e. The number of hydrogen-bond acceptors (Lipinski definition) is 2. The Balaban J connectivity index is 2.29. The second kappa shape index (κ2) is 2.62. The highest BCUT2D eigenvalue weighted by molar-refractivity contribution is 5.71. The zero-order chi connectivity index (χ0) is 7.52. The summed E-state index contributed by atoms with van der Waals surface area (Å²) in [5.74, 6) is 0. The van der Waals surface area contributed by atoms with Crippen molar-refractivity contribution in [2.45, 2.75) is 0 Å². The zero-order valence-electron chi connectivity index (χ0n) is 5.95. The van der Waals surface area contributed by atoms with Crippen LogP contribution in [0.1, 0.15) is 5.69 Å². The van der Waals surface area contributed by atoms with Gasteiger partial charge >= 0.3 is 0 Å². The van der Waals surface area contributed by atoms with Crippen molar-refractivity contribution < 1.29 is 4.74 Å². The van der Waals surface area contributed by atoms with Crippen LogP contribution in [0.4, 0.5) is 0 Å². The summed E-state index contributed by atoms with van der Waals surface area (Å²) in [5, 5.41) is 6.70. The van der Waals surface area contributed by atoms with E-state index in [1.807, 2.05) is 18.2 Å².